The van der Waals surface area contributed by atoms with Crippen molar-refractivity contribution in [3.63, 3.8) is 0 Å². The summed E-state index contributed by atoms with van der Waals surface area (Å²) in [6.07, 6.45) is -4.50. The number of hydrogen-bond acceptors (Lipinski definition) is 11. The van der Waals surface area contributed by atoms with Crippen LogP contribution in [0.2, 0.25) is 0 Å². The van der Waals surface area contributed by atoms with Gasteiger partial charge in [0.05, 0.1) is 0 Å². The van der Waals surface area contributed by atoms with Crippen LogP contribution in [0.4, 0.5) is 0 Å². The van der Waals surface area contributed by atoms with Gasteiger partial charge in [0.15, 0.2) is 18.1 Å². The molecule has 0 unspecified atom stereocenters. The van der Waals surface area contributed by atoms with Crippen LogP contribution < -0.4 is 0 Å². The maximum Gasteiger partial charge on any atom is 0.307 e. The van der Waals surface area contributed by atoms with Crippen LogP contribution >= 0.6 is 0 Å². The molecule has 0 aromatic rings. The summed E-state index contributed by atoms with van der Waals surface area (Å²) in [5.74, 6) is -4.49. The predicted molar refractivity (Wildman–Crippen MR) is 83.2 cm³/mol. The monoisotopic (exact) mass is 388 g/mol. The van der Waals surface area contributed by atoms with E-state index in [1.165, 1.54) is 0 Å². The Labute approximate surface area is 154 Å². The Kier molecular flexibility index (Phi) is 7.76. The van der Waals surface area contributed by atoms with Crippen LogP contribution in [0.25, 0.3) is 0 Å². The summed E-state index contributed by atoms with van der Waals surface area (Å²) in [5, 5.41) is 0. The minimum absolute atomic E-state index is 0.249. The van der Waals surface area contributed by atoms with Gasteiger partial charge in [0.2, 0.25) is 12.2 Å². The lowest BCUT2D eigenvalue weighted by Crippen LogP contribution is -2.51. The number of carbonyl (C=O) groups excluding carboxylic acids is 5. The second kappa shape index (κ2) is 9.55. The first-order chi connectivity index (χ1) is 12.5. The second-order valence-corrected chi connectivity index (χ2v) is 5.36. The first-order valence-corrected chi connectivity index (χ1v) is 7.74. The molecule has 150 valence electrons. The van der Waals surface area contributed by atoms with Gasteiger partial charge >= 0.3 is 29.8 Å². The van der Waals surface area contributed by atoms with E-state index in [0.717, 1.165) is 34.6 Å². The Hall–Kier alpha value is -3.11. The first-order valence-electron chi connectivity index (χ1n) is 7.74. The molecular weight excluding hydrogens is 368 g/mol. The van der Waals surface area contributed by atoms with Gasteiger partial charge in [0.1, 0.15) is 0 Å². The molecule has 27 heavy (non-hydrogen) atoms. The van der Waals surface area contributed by atoms with Crippen molar-refractivity contribution in [1.82, 2.24) is 0 Å². The zero-order valence-corrected chi connectivity index (χ0v) is 15.4. The molecule has 11 heteroatoms. The lowest BCUT2D eigenvalue weighted by molar-refractivity contribution is -0.232. The van der Waals surface area contributed by atoms with Gasteiger partial charge < -0.3 is 28.4 Å². The number of rotatable bonds is 6. The molecule has 3 atom stereocenters. The first kappa shape index (κ1) is 21.9. The van der Waals surface area contributed by atoms with E-state index in [9.17, 15) is 24.0 Å². The van der Waals surface area contributed by atoms with Crippen molar-refractivity contribution in [1.29, 1.82) is 0 Å². The zero-order chi connectivity index (χ0) is 20.7. The zero-order valence-electron chi connectivity index (χ0n) is 15.4. The SMILES string of the molecule is CC(=O)OCC1=C(OC(C)=O)[C@H](OC(C)=O)[C@@H](OC(C)=O)[C@H](OC(C)=O)O1. The lowest BCUT2D eigenvalue weighted by Gasteiger charge is -2.37. The molecule has 1 rings (SSSR count). The lowest BCUT2D eigenvalue weighted by atomic mass is 10.1. The molecule has 1 aliphatic heterocycles. The number of esters is 5. The Morgan fingerprint density at radius 2 is 1.33 bits per heavy atom. The van der Waals surface area contributed by atoms with Crippen molar-refractivity contribution in [2.24, 2.45) is 0 Å². The molecule has 0 aromatic heterocycles. The Balaban J connectivity index is 3.43. The fourth-order valence-corrected chi connectivity index (χ4v) is 2.12. The van der Waals surface area contributed by atoms with Crippen molar-refractivity contribution in [3.8, 4) is 0 Å². The van der Waals surface area contributed by atoms with Crippen LogP contribution in [0.1, 0.15) is 34.6 Å². The molecule has 1 aliphatic rings. The molecule has 0 fully saturated rings. The van der Waals surface area contributed by atoms with Gasteiger partial charge in [-0.05, 0) is 0 Å². The average molecular weight is 388 g/mol. The highest BCUT2D eigenvalue weighted by molar-refractivity contribution is 5.70. The van der Waals surface area contributed by atoms with Gasteiger partial charge in [-0.25, -0.2) is 0 Å². The molecule has 0 bridgehead atoms. The van der Waals surface area contributed by atoms with Crippen LogP contribution in [0.5, 0.6) is 0 Å². The third-order valence-electron chi connectivity index (χ3n) is 2.90. The fraction of sp³-hybridized carbons (Fsp3) is 0.562. The minimum Gasteiger partial charge on any atom is -0.458 e. The van der Waals surface area contributed by atoms with Crippen LogP contribution in [-0.4, -0.2) is 55.0 Å². The van der Waals surface area contributed by atoms with Crippen LogP contribution in [0.3, 0.4) is 0 Å². The van der Waals surface area contributed by atoms with E-state index in [2.05, 4.69) is 0 Å². The molecule has 0 aromatic carbocycles. The van der Waals surface area contributed by atoms with Gasteiger partial charge in [0, 0.05) is 34.6 Å². The summed E-state index contributed by atoms with van der Waals surface area (Å²) in [6, 6.07) is 0. The summed E-state index contributed by atoms with van der Waals surface area (Å²) >= 11 is 0. The van der Waals surface area contributed by atoms with Crippen LogP contribution in [0.15, 0.2) is 11.5 Å². The Morgan fingerprint density at radius 3 is 1.78 bits per heavy atom. The highest BCUT2D eigenvalue weighted by Crippen LogP contribution is 2.31. The van der Waals surface area contributed by atoms with Crippen molar-refractivity contribution >= 4 is 29.8 Å². The molecular formula is C16H20O11. The van der Waals surface area contributed by atoms with E-state index in [0.29, 0.717) is 0 Å². The van der Waals surface area contributed by atoms with E-state index >= 15 is 0 Å². The van der Waals surface area contributed by atoms with Crippen molar-refractivity contribution in [2.75, 3.05) is 6.61 Å². The largest absolute Gasteiger partial charge is 0.458 e. The standard InChI is InChI=1S/C16H20O11/c1-7(17)22-6-12-13(23-8(2)18)14(24-9(3)19)15(25-10(4)20)16(27-12)26-11(5)21/h14-16H,6H2,1-5H3/t14-,15+,16+/m0/s1. The number of carbonyl (C=O) groups is 5. The summed E-state index contributed by atoms with van der Waals surface area (Å²) < 4.78 is 30.4. The Morgan fingerprint density at radius 1 is 0.778 bits per heavy atom. The second-order valence-electron chi connectivity index (χ2n) is 5.36. The third kappa shape index (κ3) is 6.96. The van der Waals surface area contributed by atoms with Crippen molar-refractivity contribution in [3.05, 3.63) is 11.5 Å². The number of ether oxygens (including phenoxy) is 6. The Bertz CT molecular complexity index is 663. The molecule has 0 N–H and O–H groups in total. The molecule has 0 saturated heterocycles. The quantitative estimate of drug-likeness (QED) is 0.452. The van der Waals surface area contributed by atoms with E-state index in [-0.39, 0.29) is 11.5 Å². The minimum atomic E-state index is -1.54. The van der Waals surface area contributed by atoms with Crippen molar-refractivity contribution < 1.29 is 52.4 Å². The maximum absolute atomic E-state index is 11.5. The maximum atomic E-state index is 11.5. The van der Waals surface area contributed by atoms with Gasteiger partial charge in [-0.2, -0.15) is 0 Å². The average Bonchev–Trinajstić information content (AvgIpc) is 2.49. The van der Waals surface area contributed by atoms with Gasteiger partial charge in [-0.3, -0.25) is 24.0 Å². The normalized spacial score (nSPS) is 21.4. The van der Waals surface area contributed by atoms with E-state index in [4.69, 9.17) is 28.4 Å². The van der Waals surface area contributed by atoms with E-state index in [1.54, 1.807) is 0 Å². The van der Waals surface area contributed by atoms with Crippen LogP contribution in [0, 0.1) is 0 Å². The summed E-state index contributed by atoms with van der Waals surface area (Å²) in [6.45, 7) is 4.90. The predicted octanol–water partition coefficient (Wildman–Crippen LogP) is 0.107. The topological polar surface area (TPSA) is 141 Å². The summed E-state index contributed by atoms with van der Waals surface area (Å²) in [5.41, 5.74) is 0. The number of hydrogen-bond donors (Lipinski definition) is 0. The molecule has 1 heterocycles. The van der Waals surface area contributed by atoms with Crippen molar-refractivity contribution in [2.45, 2.75) is 53.1 Å². The molecule has 0 saturated carbocycles. The molecule has 11 nitrogen and oxygen atoms in total. The molecule has 0 radical (unpaired) electrons. The highest BCUT2D eigenvalue weighted by Gasteiger charge is 2.48. The molecule has 0 aliphatic carbocycles. The summed E-state index contributed by atoms with van der Waals surface area (Å²) in [4.78, 5) is 56.9. The summed E-state index contributed by atoms with van der Waals surface area (Å²) in [7, 11) is 0. The smallest absolute Gasteiger partial charge is 0.307 e. The third-order valence-corrected chi connectivity index (χ3v) is 2.90. The van der Waals surface area contributed by atoms with Gasteiger partial charge in [0.25, 0.3) is 6.29 Å². The van der Waals surface area contributed by atoms with E-state index in [1.807, 2.05) is 0 Å². The molecule has 0 spiro atoms. The van der Waals surface area contributed by atoms with E-state index < -0.39 is 55.0 Å². The van der Waals surface area contributed by atoms with Gasteiger partial charge in [-0.1, -0.05) is 0 Å². The highest BCUT2D eigenvalue weighted by atomic mass is 16.7. The fourth-order valence-electron chi connectivity index (χ4n) is 2.12. The molecule has 0 amide bonds. The van der Waals surface area contributed by atoms with Crippen LogP contribution in [-0.2, 0) is 52.4 Å². The van der Waals surface area contributed by atoms with Gasteiger partial charge in [-0.15, -0.1) is 0 Å².